The van der Waals surface area contributed by atoms with Crippen molar-refractivity contribution in [2.24, 2.45) is 5.18 Å². The Morgan fingerprint density at radius 1 is 1.12 bits per heavy atom. The van der Waals surface area contributed by atoms with E-state index in [1.807, 2.05) is 11.4 Å². The summed E-state index contributed by atoms with van der Waals surface area (Å²) in [4.78, 5) is 28.7. The summed E-state index contributed by atoms with van der Waals surface area (Å²) >= 11 is 1.30. The predicted octanol–water partition coefficient (Wildman–Crippen LogP) is 5.36. The lowest BCUT2D eigenvalue weighted by Gasteiger charge is -2.13. The van der Waals surface area contributed by atoms with Crippen molar-refractivity contribution < 1.29 is 18.7 Å². The highest BCUT2D eigenvalue weighted by Gasteiger charge is 2.18. The van der Waals surface area contributed by atoms with Gasteiger partial charge in [0, 0.05) is 28.4 Å². The first kappa shape index (κ1) is 22.3. The van der Waals surface area contributed by atoms with E-state index in [4.69, 9.17) is 9.47 Å². The smallest absolute Gasteiger partial charge is 0.251 e. The second kappa shape index (κ2) is 9.74. The second-order valence-electron chi connectivity index (χ2n) is 7.11. The van der Waals surface area contributed by atoms with E-state index >= 15 is 0 Å². The van der Waals surface area contributed by atoms with Crippen molar-refractivity contribution in [3.8, 4) is 22.8 Å². The summed E-state index contributed by atoms with van der Waals surface area (Å²) in [6, 6.07) is 14.0. The molecule has 9 heteroatoms. The molecular formula is C24H20FN3O4S. The number of fused-ring (bicyclic) bond motifs is 1. The number of carbonyl (C=O) groups excluding carboxylic acids is 1. The molecule has 0 aliphatic rings. The molecule has 2 heterocycles. The fraction of sp³-hybridized carbons (Fsp3) is 0.167. The number of hydrogen-bond acceptors (Lipinski definition) is 7. The van der Waals surface area contributed by atoms with Crippen LogP contribution in [0.3, 0.4) is 0 Å². The van der Waals surface area contributed by atoms with Gasteiger partial charge in [0.25, 0.3) is 5.91 Å². The standard InChI is InChI=1S/C24H20FN3O4S/c1-31-21-10-9-14(11-22(21)32-2)24(29)26-12-20(28-30)19-8-4-7-18(27-19)16-13-33-23-15(16)5-3-6-17(23)25/h3-11,13,20H,12H2,1-2H3,(H,26,29). The Morgan fingerprint density at radius 3 is 2.67 bits per heavy atom. The summed E-state index contributed by atoms with van der Waals surface area (Å²) in [6.07, 6.45) is 0. The maximum absolute atomic E-state index is 14.1. The Balaban J connectivity index is 1.53. The average molecular weight is 466 g/mol. The lowest BCUT2D eigenvalue weighted by Crippen LogP contribution is -2.28. The van der Waals surface area contributed by atoms with E-state index < -0.39 is 6.04 Å². The summed E-state index contributed by atoms with van der Waals surface area (Å²) in [5, 5.41) is 8.45. The quantitative estimate of drug-likeness (QED) is 0.354. The topological polar surface area (TPSA) is 89.9 Å². The number of carbonyl (C=O) groups is 1. The number of pyridine rings is 1. The Labute approximate surface area is 193 Å². The molecule has 1 amide bonds. The van der Waals surface area contributed by atoms with Crippen LogP contribution in [0.1, 0.15) is 22.1 Å². The fourth-order valence-electron chi connectivity index (χ4n) is 3.47. The number of rotatable bonds is 8. The van der Waals surface area contributed by atoms with Gasteiger partial charge in [0.05, 0.1) is 30.3 Å². The van der Waals surface area contributed by atoms with Gasteiger partial charge in [0.15, 0.2) is 17.5 Å². The van der Waals surface area contributed by atoms with E-state index in [1.165, 1.54) is 31.6 Å². The molecule has 2 aromatic carbocycles. The molecule has 0 saturated carbocycles. The Hall–Kier alpha value is -3.85. The number of ether oxygens (including phenoxy) is 2. The van der Waals surface area contributed by atoms with Crippen LogP contribution in [0.25, 0.3) is 21.3 Å². The molecule has 1 N–H and O–H groups in total. The molecule has 1 unspecified atom stereocenters. The number of hydrogen-bond donors (Lipinski definition) is 1. The van der Waals surface area contributed by atoms with Gasteiger partial charge in [-0.3, -0.25) is 9.78 Å². The minimum Gasteiger partial charge on any atom is -0.493 e. The monoisotopic (exact) mass is 465 g/mol. The Bertz CT molecular complexity index is 1320. The predicted molar refractivity (Wildman–Crippen MR) is 125 cm³/mol. The van der Waals surface area contributed by atoms with Crippen LogP contribution in [0.15, 0.2) is 65.2 Å². The first-order valence-electron chi connectivity index (χ1n) is 10.0. The van der Waals surface area contributed by atoms with Gasteiger partial charge in [0.2, 0.25) is 0 Å². The first-order chi connectivity index (χ1) is 16.0. The van der Waals surface area contributed by atoms with Crippen LogP contribution in [0.2, 0.25) is 0 Å². The molecule has 4 aromatic rings. The molecule has 2 aromatic heterocycles. The van der Waals surface area contributed by atoms with Crippen LogP contribution < -0.4 is 14.8 Å². The van der Waals surface area contributed by atoms with Crippen molar-refractivity contribution in [3.63, 3.8) is 0 Å². The highest BCUT2D eigenvalue weighted by atomic mass is 32.1. The minimum atomic E-state index is -0.893. The average Bonchev–Trinajstić information content (AvgIpc) is 3.29. The summed E-state index contributed by atoms with van der Waals surface area (Å²) in [5.74, 6) is 0.248. The number of nitrogens with zero attached hydrogens (tertiary/aromatic N) is 2. The number of nitroso groups, excluding NO2 is 1. The summed E-state index contributed by atoms with van der Waals surface area (Å²) in [6.45, 7) is -0.0356. The molecule has 0 saturated heterocycles. The van der Waals surface area contributed by atoms with Crippen LogP contribution in [0.5, 0.6) is 11.5 Å². The molecule has 168 valence electrons. The molecular weight excluding hydrogens is 445 g/mol. The number of methoxy groups -OCH3 is 2. The zero-order chi connectivity index (χ0) is 23.4. The maximum Gasteiger partial charge on any atom is 0.251 e. The van der Waals surface area contributed by atoms with Crippen molar-refractivity contribution in [2.45, 2.75) is 6.04 Å². The van der Waals surface area contributed by atoms with E-state index in [1.54, 1.807) is 42.5 Å². The van der Waals surface area contributed by atoms with Crippen LogP contribution in [-0.2, 0) is 0 Å². The summed E-state index contributed by atoms with van der Waals surface area (Å²) < 4.78 is 25.0. The molecule has 0 radical (unpaired) electrons. The SMILES string of the molecule is COc1ccc(C(=O)NCC(N=O)c2cccc(-c3csc4c(F)cccc34)n2)cc1OC. The van der Waals surface area contributed by atoms with E-state index in [0.717, 1.165) is 10.9 Å². The highest BCUT2D eigenvalue weighted by molar-refractivity contribution is 7.17. The molecule has 0 spiro atoms. The van der Waals surface area contributed by atoms with Gasteiger partial charge in [-0.1, -0.05) is 23.4 Å². The third-order valence-corrected chi connectivity index (χ3v) is 6.17. The molecule has 0 bridgehead atoms. The molecule has 1 atom stereocenters. The molecule has 4 rings (SSSR count). The van der Waals surface area contributed by atoms with Crippen LogP contribution in [-0.4, -0.2) is 31.7 Å². The number of aromatic nitrogens is 1. The molecule has 0 fully saturated rings. The number of halogens is 1. The van der Waals surface area contributed by atoms with Gasteiger partial charge < -0.3 is 14.8 Å². The first-order valence-corrected chi connectivity index (χ1v) is 10.9. The van der Waals surface area contributed by atoms with Gasteiger partial charge in [0.1, 0.15) is 5.82 Å². The molecule has 7 nitrogen and oxygen atoms in total. The van der Waals surface area contributed by atoms with E-state index in [9.17, 15) is 14.1 Å². The third-order valence-electron chi connectivity index (χ3n) is 5.17. The molecule has 0 aliphatic heterocycles. The van der Waals surface area contributed by atoms with Crippen molar-refractivity contribution in [1.29, 1.82) is 0 Å². The van der Waals surface area contributed by atoms with Gasteiger partial charge in [-0.05, 0) is 36.4 Å². The highest BCUT2D eigenvalue weighted by Crippen LogP contribution is 2.35. The normalized spacial score (nSPS) is 11.7. The van der Waals surface area contributed by atoms with Crippen LogP contribution >= 0.6 is 11.3 Å². The van der Waals surface area contributed by atoms with Gasteiger partial charge >= 0.3 is 0 Å². The van der Waals surface area contributed by atoms with E-state index in [0.29, 0.717) is 33.2 Å². The Morgan fingerprint density at radius 2 is 1.91 bits per heavy atom. The largest absolute Gasteiger partial charge is 0.493 e. The summed E-state index contributed by atoms with van der Waals surface area (Å²) in [5.41, 5.74) is 2.14. The Kier molecular flexibility index (Phi) is 6.60. The second-order valence-corrected chi connectivity index (χ2v) is 7.99. The van der Waals surface area contributed by atoms with E-state index in [-0.39, 0.29) is 18.3 Å². The zero-order valence-electron chi connectivity index (χ0n) is 17.9. The molecule has 0 aliphatic carbocycles. The number of nitrogens with one attached hydrogen (secondary N) is 1. The van der Waals surface area contributed by atoms with Crippen LogP contribution in [0, 0.1) is 10.7 Å². The van der Waals surface area contributed by atoms with E-state index in [2.05, 4.69) is 15.5 Å². The summed E-state index contributed by atoms with van der Waals surface area (Å²) in [7, 11) is 2.99. The maximum atomic E-state index is 14.1. The zero-order valence-corrected chi connectivity index (χ0v) is 18.7. The lowest BCUT2D eigenvalue weighted by atomic mass is 10.1. The number of thiophene rings is 1. The number of benzene rings is 2. The van der Waals surface area contributed by atoms with Gasteiger partial charge in [-0.25, -0.2) is 4.39 Å². The van der Waals surface area contributed by atoms with Crippen molar-refractivity contribution in [3.05, 3.63) is 82.0 Å². The number of amides is 1. The van der Waals surface area contributed by atoms with Crippen molar-refractivity contribution >= 4 is 27.3 Å². The van der Waals surface area contributed by atoms with Gasteiger partial charge in [-0.2, -0.15) is 4.91 Å². The van der Waals surface area contributed by atoms with Crippen LogP contribution in [0.4, 0.5) is 4.39 Å². The van der Waals surface area contributed by atoms with Gasteiger partial charge in [-0.15, -0.1) is 11.3 Å². The molecule has 33 heavy (non-hydrogen) atoms. The van der Waals surface area contributed by atoms with Crippen molar-refractivity contribution in [2.75, 3.05) is 20.8 Å². The lowest BCUT2D eigenvalue weighted by molar-refractivity contribution is 0.0950. The minimum absolute atomic E-state index is 0.0356. The fourth-order valence-corrected chi connectivity index (χ4v) is 4.44. The van der Waals surface area contributed by atoms with Crippen molar-refractivity contribution in [1.82, 2.24) is 10.3 Å². The third kappa shape index (κ3) is 4.54.